The highest BCUT2D eigenvalue weighted by Gasteiger charge is 2.05. The van der Waals surface area contributed by atoms with Gasteiger partial charge >= 0.3 is 12.2 Å². The Morgan fingerprint density at radius 1 is 0.600 bits per heavy atom. The van der Waals surface area contributed by atoms with E-state index in [1.807, 2.05) is 0 Å². The zero-order valence-corrected chi connectivity index (χ0v) is 18.8. The molecule has 6 heteroatoms. The van der Waals surface area contributed by atoms with Crippen LogP contribution in [0.3, 0.4) is 0 Å². The van der Waals surface area contributed by atoms with Crippen LogP contribution in [0.15, 0.2) is 24.3 Å². The van der Waals surface area contributed by atoms with Crippen molar-refractivity contribution in [2.45, 2.75) is 90.9 Å². The number of ether oxygens (including phenoxy) is 2. The second-order valence-electron chi connectivity index (χ2n) is 7.63. The molecule has 2 amide bonds. The van der Waals surface area contributed by atoms with Crippen LogP contribution in [0.2, 0.25) is 0 Å². The lowest BCUT2D eigenvalue weighted by Crippen LogP contribution is -2.15. The van der Waals surface area contributed by atoms with Crippen LogP contribution in [0.5, 0.6) is 0 Å². The van der Waals surface area contributed by atoms with E-state index in [2.05, 4.69) is 24.5 Å². The molecule has 0 fully saturated rings. The molecule has 0 aliphatic heterocycles. The molecule has 0 bridgehead atoms. The Hall–Kier alpha value is -2.24. The third-order valence-corrected chi connectivity index (χ3v) is 4.84. The average Bonchev–Trinajstić information content (AvgIpc) is 2.74. The van der Waals surface area contributed by atoms with Crippen LogP contribution in [0.1, 0.15) is 90.9 Å². The summed E-state index contributed by atoms with van der Waals surface area (Å²) in [7, 11) is 0. The molecule has 6 nitrogen and oxygen atoms in total. The monoisotopic (exact) mass is 420 g/mol. The zero-order valence-electron chi connectivity index (χ0n) is 18.8. The van der Waals surface area contributed by atoms with Gasteiger partial charge in [-0.15, -0.1) is 0 Å². The topological polar surface area (TPSA) is 76.7 Å². The molecular weight excluding hydrogens is 380 g/mol. The molecule has 0 saturated heterocycles. The van der Waals surface area contributed by atoms with E-state index in [0.29, 0.717) is 24.6 Å². The van der Waals surface area contributed by atoms with Gasteiger partial charge in [-0.1, -0.05) is 78.1 Å². The molecule has 0 aliphatic rings. The lowest BCUT2D eigenvalue weighted by Gasteiger charge is -2.09. The Kier molecular flexibility index (Phi) is 15.1. The van der Waals surface area contributed by atoms with Gasteiger partial charge in [0.05, 0.1) is 13.2 Å². The number of carbonyl (C=O) groups is 2. The van der Waals surface area contributed by atoms with E-state index in [9.17, 15) is 9.59 Å². The molecule has 1 aromatic rings. The number of hydrogen-bond donors (Lipinski definition) is 2. The second-order valence-corrected chi connectivity index (χ2v) is 7.63. The highest BCUT2D eigenvalue weighted by molar-refractivity contribution is 5.87. The molecule has 30 heavy (non-hydrogen) atoms. The summed E-state index contributed by atoms with van der Waals surface area (Å²) in [6.45, 7) is 5.25. The molecule has 0 heterocycles. The fourth-order valence-electron chi connectivity index (χ4n) is 3.04. The van der Waals surface area contributed by atoms with Gasteiger partial charge in [0, 0.05) is 11.4 Å². The molecule has 0 saturated carbocycles. The van der Waals surface area contributed by atoms with Crippen LogP contribution in [0.25, 0.3) is 0 Å². The summed E-state index contributed by atoms with van der Waals surface area (Å²) >= 11 is 0. The van der Waals surface area contributed by atoms with Crippen molar-refractivity contribution >= 4 is 23.6 Å². The van der Waals surface area contributed by atoms with Crippen LogP contribution < -0.4 is 10.6 Å². The number of nitrogens with one attached hydrogen (secondary N) is 2. The van der Waals surface area contributed by atoms with Crippen molar-refractivity contribution < 1.29 is 19.1 Å². The maximum absolute atomic E-state index is 11.8. The molecule has 0 aliphatic carbocycles. The van der Waals surface area contributed by atoms with E-state index in [1.165, 1.54) is 51.4 Å². The van der Waals surface area contributed by atoms with Crippen LogP contribution in [-0.2, 0) is 9.47 Å². The minimum absolute atomic E-state index is 0.433. The maximum atomic E-state index is 11.8. The SMILES string of the molecule is CCCCCCCCOC(=O)Nc1ccc(NC(=O)OCCCCCCCC)cc1. The van der Waals surface area contributed by atoms with E-state index in [-0.39, 0.29) is 0 Å². The van der Waals surface area contributed by atoms with Gasteiger partial charge in [0.2, 0.25) is 0 Å². The Labute approximate surface area is 182 Å². The molecule has 0 spiro atoms. The fourth-order valence-corrected chi connectivity index (χ4v) is 3.04. The normalized spacial score (nSPS) is 10.5. The van der Waals surface area contributed by atoms with Crippen molar-refractivity contribution in [3.8, 4) is 0 Å². The maximum Gasteiger partial charge on any atom is 0.411 e. The first-order valence-electron chi connectivity index (χ1n) is 11.6. The lowest BCUT2D eigenvalue weighted by molar-refractivity contribution is 0.158. The lowest BCUT2D eigenvalue weighted by atomic mass is 10.1. The van der Waals surface area contributed by atoms with E-state index in [4.69, 9.17) is 9.47 Å². The van der Waals surface area contributed by atoms with Crippen molar-refractivity contribution in [1.82, 2.24) is 0 Å². The van der Waals surface area contributed by atoms with Gasteiger partial charge in [0.25, 0.3) is 0 Å². The predicted molar refractivity (Wildman–Crippen MR) is 123 cm³/mol. The van der Waals surface area contributed by atoms with Gasteiger partial charge in [-0.25, -0.2) is 9.59 Å². The molecule has 0 radical (unpaired) electrons. The molecule has 0 unspecified atom stereocenters. The number of rotatable bonds is 16. The summed E-state index contributed by atoms with van der Waals surface area (Å²) in [5.41, 5.74) is 1.24. The van der Waals surface area contributed by atoms with Crippen LogP contribution in [0, 0.1) is 0 Å². The van der Waals surface area contributed by atoms with Crippen molar-refractivity contribution in [3.05, 3.63) is 24.3 Å². The summed E-state index contributed by atoms with van der Waals surface area (Å²) in [5, 5.41) is 5.38. The molecule has 0 aromatic heterocycles. The Morgan fingerprint density at radius 3 is 1.30 bits per heavy atom. The Bertz CT molecular complexity index is 524. The summed E-state index contributed by atoms with van der Waals surface area (Å²) in [6, 6.07) is 6.87. The third-order valence-electron chi connectivity index (χ3n) is 4.84. The van der Waals surface area contributed by atoms with E-state index in [1.54, 1.807) is 24.3 Å². The van der Waals surface area contributed by atoms with Crippen LogP contribution in [0.4, 0.5) is 21.0 Å². The highest BCUT2D eigenvalue weighted by atomic mass is 16.6. The number of unbranched alkanes of at least 4 members (excludes halogenated alkanes) is 10. The van der Waals surface area contributed by atoms with Gasteiger partial charge in [0.1, 0.15) is 0 Å². The van der Waals surface area contributed by atoms with Gasteiger partial charge in [0.15, 0.2) is 0 Å². The molecule has 170 valence electrons. The number of anilines is 2. The summed E-state index contributed by atoms with van der Waals surface area (Å²) in [6.07, 6.45) is 12.9. The first kappa shape index (κ1) is 25.8. The minimum atomic E-state index is -0.456. The van der Waals surface area contributed by atoms with Gasteiger partial charge in [-0.3, -0.25) is 10.6 Å². The summed E-state index contributed by atoms with van der Waals surface area (Å²) < 4.78 is 10.4. The predicted octanol–water partition coefficient (Wildman–Crippen LogP) is 7.50. The molecule has 1 aromatic carbocycles. The average molecular weight is 421 g/mol. The van der Waals surface area contributed by atoms with Crippen molar-refractivity contribution in [3.63, 3.8) is 0 Å². The number of carbonyl (C=O) groups excluding carboxylic acids is 2. The molecule has 0 atom stereocenters. The smallest absolute Gasteiger partial charge is 0.411 e. The Balaban J connectivity index is 2.14. The van der Waals surface area contributed by atoms with Gasteiger partial charge in [-0.2, -0.15) is 0 Å². The largest absolute Gasteiger partial charge is 0.449 e. The molecule has 2 N–H and O–H groups in total. The second kappa shape index (κ2) is 17.6. The van der Waals surface area contributed by atoms with Crippen LogP contribution >= 0.6 is 0 Å². The van der Waals surface area contributed by atoms with Gasteiger partial charge in [-0.05, 0) is 37.1 Å². The number of amides is 2. The summed E-state index contributed by atoms with van der Waals surface area (Å²) in [4.78, 5) is 23.6. The summed E-state index contributed by atoms with van der Waals surface area (Å²) in [5.74, 6) is 0. The van der Waals surface area contributed by atoms with E-state index in [0.717, 1.165) is 25.7 Å². The highest BCUT2D eigenvalue weighted by Crippen LogP contribution is 2.14. The molecule has 1 rings (SSSR count). The first-order valence-corrected chi connectivity index (χ1v) is 11.6. The first-order chi connectivity index (χ1) is 14.7. The van der Waals surface area contributed by atoms with Gasteiger partial charge < -0.3 is 9.47 Å². The number of benzene rings is 1. The minimum Gasteiger partial charge on any atom is -0.449 e. The molecular formula is C24H40N2O4. The fraction of sp³-hybridized carbons (Fsp3) is 0.667. The quantitative estimate of drug-likeness (QED) is 0.271. The van der Waals surface area contributed by atoms with Crippen molar-refractivity contribution in [1.29, 1.82) is 0 Å². The Morgan fingerprint density at radius 2 is 0.933 bits per heavy atom. The van der Waals surface area contributed by atoms with Crippen molar-refractivity contribution in [2.24, 2.45) is 0 Å². The van der Waals surface area contributed by atoms with Crippen LogP contribution in [-0.4, -0.2) is 25.4 Å². The van der Waals surface area contributed by atoms with Crippen molar-refractivity contribution in [2.75, 3.05) is 23.8 Å². The van der Waals surface area contributed by atoms with E-state index >= 15 is 0 Å². The number of hydrogen-bond acceptors (Lipinski definition) is 4. The zero-order chi connectivity index (χ0) is 21.9. The standard InChI is InChI=1S/C24H40N2O4/c1-3-5-7-9-11-13-19-29-23(27)25-21-15-17-22(18-16-21)26-24(28)30-20-14-12-10-8-6-4-2/h15-18H,3-14,19-20H2,1-2H3,(H,25,27)(H,26,28). The van der Waals surface area contributed by atoms with E-state index < -0.39 is 12.2 Å². The third kappa shape index (κ3) is 13.9.